The maximum Gasteiger partial charge on any atom is 0.433 e. The lowest BCUT2D eigenvalue weighted by molar-refractivity contribution is -0.145. The van der Waals surface area contributed by atoms with Crippen molar-refractivity contribution in [2.24, 2.45) is 17.3 Å². The average molecular weight is 459 g/mol. The number of sulfonamides is 1. The molecular formula is C20H24F3N3O4S. The van der Waals surface area contributed by atoms with Gasteiger partial charge in [-0.1, -0.05) is 0 Å². The van der Waals surface area contributed by atoms with Crippen molar-refractivity contribution in [2.75, 3.05) is 32.8 Å². The molecule has 5 aliphatic rings. The Morgan fingerprint density at radius 2 is 1.77 bits per heavy atom. The summed E-state index contributed by atoms with van der Waals surface area (Å²) in [6, 6.07) is 1.68. The average Bonchev–Trinajstić information content (AvgIpc) is 3.37. The molecule has 170 valence electrons. The zero-order chi connectivity index (χ0) is 22.4. The number of nitrogens with zero attached hydrogens (tertiary/aromatic N) is 3. The number of carbonyl (C=O) groups is 1. The first kappa shape index (κ1) is 21.1. The first-order valence-corrected chi connectivity index (χ1v) is 11.8. The van der Waals surface area contributed by atoms with Gasteiger partial charge in [-0.2, -0.15) is 17.5 Å². The van der Waals surface area contributed by atoms with Gasteiger partial charge in [-0.3, -0.25) is 4.79 Å². The molecule has 6 rings (SSSR count). The topological polar surface area (TPSA) is 79.8 Å². The molecule has 2 bridgehead atoms. The van der Waals surface area contributed by atoms with Gasteiger partial charge in [0, 0.05) is 26.2 Å². The predicted octanol–water partition coefficient (Wildman–Crippen LogP) is 2.06. The molecule has 31 heavy (non-hydrogen) atoms. The number of likely N-dealkylation sites (tertiary alicyclic amines) is 1. The third-order valence-electron chi connectivity index (χ3n) is 7.26. The lowest BCUT2D eigenvalue weighted by Gasteiger charge is -2.43. The van der Waals surface area contributed by atoms with Crippen LogP contribution in [0.5, 0.6) is 0 Å². The van der Waals surface area contributed by atoms with Crippen LogP contribution in [0.3, 0.4) is 0 Å². The van der Waals surface area contributed by atoms with Crippen LogP contribution < -0.4 is 0 Å². The van der Waals surface area contributed by atoms with Crippen LogP contribution in [0.4, 0.5) is 13.2 Å². The fourth-order valence-corrected chi connectivity index (χ4v) is 7.59. The van der Waals surface area contributed by atoms with E-state index in [0.29, 0.717) is 25.8 Å². The van der Waals surface area contributed by atoms with E-state index in [-0.39, 0.29) is 47.0 Å². The van der Waals surface area contributed by atoms with Crippen LogP contribution in [0.1, 0.15) is 31.2 Å². The van der Waals surface area contributed by atoms with Crippen LogP contribution in [0, 0.1) is 24.2 Å². The summed E-state index contributed by atoms with van der Waals surface area (Å²) in [7, 11) is -3.96. The van der Waals surface area contributed by atoms with Gasteiger partial charge in [0.05, 0.1) is 23.3 Å². The molecule has 11 heteroatoms. The van der Waals surface area contributed by atoms with E-state index in [9.17, 15) is 26.4 Å². The number of aromatic nitrogens is 1. The highest BCUT2D eigenvalue weighted by Crippen LogP contribution is 2.58. The second-order valence-electron chi connectivity index (χ2n) is 9.70. The molecule has 2 atom stereocenters. The van der Waals surface area contributed by atoms with E-state index >= 15 is 0 Å². The van der Waals surface area contributed by atoms with Gasteiger partial charge >= 0.3 is 6.18 Å². The molecule has 0 unspecified atom stereocenters. The monoisotopic (exact) mass is 459 g/mol. The van der Waals surface area contributed by atoms with Gasteiger partial charge in [0.2, 0.25) is 15.9 Å². The second-order valence-corrected chi connectivity index (χ2v) is 11.6. The van der Waals surface area contributed by atoms with E-state index in [4.69, 9.17) is 4.74 Å². The maximum absolute atomic E-state index is 13.1. The molecule has 7 nitrogen and oxygen atoms in total. The van der Waals surface area contributed by atoms with Gasteiger partial charge in [0.1, 0.15) is 10.6 Å². The highest BCUT2D eigenvalue weighted by atomic mass is 32.2. The minimum Gasteiger partial charge on any atom is -0.374 e. The molecule has 1 aliphatic carbocycles. The molecule has 0 aromatic carbocycles. The number of pyridine rings is 1. The summed E-state index contributed by atoms with van der Waals surface area (Å²) in [5, 5.41) is 0. The standard InChI is InChI=1S/C20H24F3N3O4S/c1-12-15(3-4-16(24-12)20(21,22)23)31(28,29)26-7-13-5-25(6-14(13)8-26)17(27)19-9-18(2,10-19)30-11-19/h3-4,13-14H,5-11H2,1-2H3/t13-,14-,18?,19?/m1/s1. The van der Waals surface area contributed by atoms with Gasteiger partial charge in [-0.25, -0.2) is 13.4 Å². The summed E-state index contributed by atoms with van der Waals surface area (Å²) in [6.07, 6.45) is -3.15. The van der Waals surface area contributed by atoms with E-state index < -0.39 is 27.3 Å². The molecule has 5 fully saturated rings. The summed E-state index contributed by atoms with van der Waals surface area (Å²) in [4.78, 5) is 18.1. The number of carbonyl (C=O) groups excluding carboxylic acids is 1. The predicted molar refractivity (Wildman–Crippen MR) is 102 cm³/mol. The first-order chi connectivity index (χ1) is 14.3. The van der Waals surface area contributed by atoms with Crippen molar-refractivity contribution >= 4 is 15.9 Å². The van der Waals surface area contributed by atoms with E-state index in [1.807, 2.05) is 11.8 Å². The van der Waals surface area contributed by atoms with Crippen molar-refractivity contribution in [3.8, 4) is 0 Å². The van der Waals surface area contributed by atoms with Gasteiger partial charge in [0.15, 0.2) is 0 Å². The van der Waals surface area contributed by atoms with E-state index in [0.717, 1.165) is 18.9 Å². The molecule has 0 radical (unpaired) electrons. The quantitative estimate of drug-likeness (QED) is 0.692. The van der Waals surface area contributed by atoms with Crippen LogP contribution in [-0.4, -0.2) is 66.9 Å². The van der Waals surface area contributed by atoms with Crippen molar-refractivity contribution in [2.45, 2.75) is 43.4 Å². The Kier molecular flexibility index (Phi) is 4.37. The number of amides is 1. The smallest absolute Gasteiger partial charge is 0.374 e. The van der Waals surface area contributed by atoms with Crippen LogP contribution in [0.25, 0.3) is 0 Å². The molecule has 0 spiro atoms. The minimum absolute atomic E-state index is 0.0200. The van der Waals surface area contributed by atoms with Gasteiger partial charge in [0.25, 0.3) is 0 Å². The third kappa shape index (κ3) is 3.19. The van der Waals surface area contributed by atoms with Crippen molar-refractivity contribution in [1.82, 2.24) is 14.2 Å². The lowest BCUT2D eigenvalue weighted by atomic mass is 9.62. The number of ether oxygens (including phenoxy) is 1. The Hall–Kier alpha value is -1.72. The van der Waals surface area contributed by atoms with Gasteiger partial charge in [-0.05, 0) is 50.7 Å². The Morgan fingerprint density at radius 1 is 1.16 bits per heavy atom. The summed E-state index contributed by atoms with van der Waals surface area (Å²) in [6.45, 7) is 5.24. The van der Waals surface area contributed by atoms with Crippen LogP contribution >= 0.6 is 0 Å². The van der Waals surface area contributed by atoms with Crippen LogP contribution in [-0.2, 0) is 25.7 Å². The Morgan fingerprint density at radius 3 is 2.26 bits per heavy atom. The molecule has 1 aromatic heterocycles. The molecule has 5 heterocycles. The number of alkyl halides is 3. The fraction of sp³-hybridized carbons (Fsp3) is 0.700. The zero-order valence-corrected chi connectivity index (χ0v) is 18.1. The second kappa shape index (κ2) is 6.41. The third-order valence-corrected chi connectivity index (χ3v) is 9.23. The number of fused-ring (bicyclic) bond motifs is 2. The molecule has 1 saturated carbocycles. The van der Waals surface area contributed by atoms with Crippen molar-refractivity contribution < 1.29 is 31.1 Å². The molecule has 1 aromatic rings. The van der Waals surface area contributed by atoms with Crippen molar-refractivity contribution in [3.63, 3.8) is 0 Å². The largest absolute Gasteiger partial charge is 0.433 e. The minimum atomic E-state index is -4.63. The summed E-state index contributed by atoms with van der Waals surface area (Å²) in [5.41, 5.74) is -1.87. The first-order valence-electron chi connectivity index (χ1n) is 10.3. The number of rotatable bonds is 3. The summed E-state index contributed by atoms with van der Waals surface area (Å²) in [5.74, 6) is 0.146. The van der Waals surface area contributed by atoms with E-state index in [1.165, 1.54) is 11.2 Å². The van der Waals surface area contributed by atoms with E-state index in [2.05, 4.69) is 4.98 Å². The number of hydrogen-bond acceptors (Lipinski definition) is 5. The highest BCUT2D eigenvalue weighted by molar-refractivity contribution is 7.89. The Labute approximate surface area is 178 Å². The SMILES string of the molecule is Cc1nc(C(F)(F)F)ccc1S(=O)(=O)N1C[C@H]2CN(C(=O)C34COC(C)(C3)C4)C[C@@H]2C1. The molecular weight excluding hydrogens is 435 g/mol. The fourth-order valence-electron chi connectivity index (χ4n) is 5.87. The van der Waals surface area contributed by atoms with Crippen molar-refractivity contribution in [1.29, 1.82) is 0 Å². The van der Waals surface area contributed by atoms with Crippen molar-refractivity contribution in [3.05, 3.63) is 23.5 Å². The molecule has 0 N–H and O–H groups in total. The molecule has 4 aliphatic heterocycles. The Balaban J connectivity index is 1.27. The number of hydrogen-bond donors (Lipinski definition) is 0. The molecule has 4 saturated heterocycles. The number of halogens is 3. The summed E-state index contributed by atoms with van der Waals surface area (Å²) >= 11 is 0. The highest BCUT2D eigenvalue weighted by Gasteiger charge is 2.65. The zero-order valence-electron chi connectivity index (χ0n) is 17.3. The normalized spacial score (nSPS) is 35.3. The maximum atomic E-state index is 13.1. The molecule has 1 amide bonds. The van der Waals surface area contributed by atoms with Crippen LogP contribution in [0.2, 0.25) is 0 Å². The van der Waals surface area contributed by atoms with E-state index in [1.54, 1.807) is 0 Å². The Bertz CT molecular complexity index is 1040. The lowest BCUT2D eigenvalue weighted by Crippen LogP contribution is -2.52. The number of aryl methyl sites for hydroxylation is 1. The van der Waals surface area contributed by atoms with Crippen LogP contribution in [0.15, 0.2) is 17.0 Å². The van der Waals surface area contributed by atoms with Gasteiger partial charge in [-0.15, -0.1) is 0 Å². The van der Waals surface area contributed by atoms with Gasteiger partial charge < -0.3 is 9.64 Å². The summed E-state index contributed by atoms with van der Waals surface area (Å²) < 4.78 is 71.8.